The Morgan fingerprint density at radius 3 is 2.65 bits per heavy atom. The van der Waals surface area contributed by atoms with Gasteiger partial charge in [-0.2, -0.15) is 10.2 Å². The Balaban J connectivity index is 0.808. The molecule has 7 heterocycles. The number of imide groups is 2. The number of hydrogen-bond donors (Lipinski definition) is 2. The molecule has 2 unspecified atom stereocenters. The number of carbonyl (C=O) groups excluding carboxylic acids is 5. The molecule has 0 spiro atoms. The molecule has 0 radical (unpaired) electrons. The minimum Gasteiger partial charge on any atom is -0.494 e. The minimum absolute atomic E-state index is 0.0894. The van der Waals surface area contributed by atoms with Crippen molar-refractivity contribution in [1.82, 2.24) is 39.5 Å². The Morgan fingerprint density at radius 1 is 1.00 bits per heavy atom. The highest BCUT2D eigenvalue weighted by atomic mass is 16.5. The van der Waals surface area contributed by atoms with Crippen molar-refractivity contribution in [3.63, 3.8) is 0 Å². The second kappa shape index (κ2) is 13.4. The number of benzene rings is 2. The summed E-state index contributed by atoms with van der Waals surface area (Å²) in [5, 5.41) is 15.2. The Morgan fingerprint density at radius 2 is 1.83 bits per heavy atom. The lowest BCUT2D eigenvalue weighted by Crippen LogP contribution is -2.54. The molecule has 9 rings (SSSR count). The van der Waals surface area contributed by atoms with Gasteiger partial charge in [-0.3, -0.25) is 38.9 Å². The van der Waals surface area contributed by atoms with E-state index < -0.39 is 29.7 Å². The summed E-state index contributed by atoms with van der Waals surface area (Å²) in [4.78, 5) is 73.8. The van der Waals surface area contributed by atoms with Gasteiger partial charge in [0, 0.05) is 74.9 Å². The Hall–Kier alpha value is -6.16. The number of piperidine rings is 2. The number of ether oxygens (including phenoxy) is 1. The van der Waals surface area contributed by atoms with Crippen molar-refractivity contribution in [2.75, 3.05) is 50.1 Å². The molecular formula is C38H38N10O6. The van der Waals surface area contributed by atoms with E-state index in [-0.39, 0.29) is 24.8 Å². The SMILES string of the molecule is COc1cc2nn(C3CCN(CC4CCN(c5ccc6c(c5)C(=O)N(C5CCC(=O)NC5=O)C6=O)CC4)C3)cc2cc1NC(=O)c1cnn2cccnc12. The van der Waals surface area contributed by atoms with Gasteiger partial charge in [-0.1, -0.05) is 0 Å². The van der Waals surface area contributed by atoms with Gasteiger partial charge >= 0.3 is 0 Å². The zero-order chi connectivity index (χ0) is 37.1. The van der Waals surface area contributed by atoms with E-state index in [1.165, 1.54) is 6.20 Å². The van der Waals surface area contributed by atoms with Crippen molar-refractivity contribution in [1.29, 1.82) is 0 Å². The van der Waals surface area contributed by atoms with Gasteiger partial charge < -0.3 is 19.9 Å². The number of nitrogens with zero attached hydrogens (tertiary/aromatic N) is 8. The summed E-state index contributed by atoms with van der Waals surface area (Å²) in [5.41, 5.74) is 3.64. The molecule has 2 aromatic carbocycles. The number of aromatic nitrogens is 5. The van der Waals surface area contributed by atoms with Crippen LogP contribution in [0.5, 0.6) is 5.75 Å². The monoisotopic (exact) mass is 730 g/mol. The highest BCUT2D eigenvalue weighted by Gasteiger charge is 2.45. The van der Waals surface area contributed by atoms with Gasteiger partial charge in [-0.15, -0.1) is 0 Å². The molecule has 276 valence electrons. The molecule has 5 amide bonds. The van der Waals surface area contributed by atoms with Crippen molar-refractivity contribution in [2.24, 2.45) is 5.92 Å². The third-order valence-electron chi connectivity index (χ3n) is 11.2. The van der Waals surface area contributed by atoms with Crippen LogP contribution < -0.4 is 20.3 Å². The summed E-state index contributed by atoms with van der Waals surface area (Å²) in [7, 11) is 1.57. The van der Waals surface area contributed by atoms with Crippen molar-refractivity contribution in [2.45, 2.75) is 44.2 Å². The molecule has 16 heteroatoms. The first-order valence-corrected chi connectivity index (χ1v) is 18.2. The van der Waals surface area contributed by atoms with Crippen LogP contribution >= 0.6 is 0 Å². The fraction of sp³-hybridized carbons (Fsp3) is 0.368. The number of hydrogen-bond acceptors (Lipinski definition) is 11. The van der Waals surface area contributed by atoms with Crippen LogP contribution in [0.3, 0.4) is 0 Å². The standard InChI is InChI=1S/C38H38N10O6/c1-54-32-17-29-23(15-30(32)41-35(50)28-18-40-46-11-2-10-39-34(28)46)20-47(43-29)25-9-12-44(21-25)19-22-7-13-45(14-8-22)24-3-4-26-27(16-24)38(53)48(37(26)52)31-5-6-33(49)42-36(31)51/h2-4,10-11,15-18,20,22,25,31H,5-9,12-14,19,21H2,1H3,(H,41,50)(H,42,49,51). The van der Waals surface area contributed by atoms with E-state index in [4.69, 9.17) is 9.84 Å². The highest BCUT2D eigenvalue weighted by Crippen LogP contribution is 2.35. The van der Waals surface area contributed by atoms with Gasteiger partial charge in [-0.05, 0) is 61.9 Å². The molecule has 0 bridgehead atoms. The van der Waals surface area contributed by atoms with Crippen LogP contribution in [0.15, 0.2) is 61.2 Å². The van der Waals surface area contributed by atoms with E-state index in [0.717, 1.165) is 73.5 Å². The van der Waals surface area contributed by atoms with Gasteiger partial charge in [0.25, 0.3) is 17.7 Å². The quantitative estimate of drug-likeness (QED) is 0.225. The van der Waals surface area contributed by atoms with Crippen LogP contribution in [0.25, 0.3) is 16.6 Å². The van der Waals surface area contributed by atoms with E-state index in [0.29, 0.717) is 39.7 Å². The largest absolute Gasteiger partial charge is 0.494 e. The second-order valence-corrected chi connectivity index (χ2v) is 14.4. The number of carbonyl (C=O) groups is 5. The van der Waals surface area contributed by atoms with Gasteiger partial charge in [0.2, 0.25) is 11.8 Å². The van der Waals surface area contributed by atoms with E-state index in [9.17, 15) is 24.0 Å². The molecule has 2 atom stereocenters. The third-order valence-corrected chi connectivity index (χ3v) is 11.2. The number of anilines is 2. The summed E-state index contributed by atoms with van der Waals surface area (Å²) in [6, 6.07) is 10.1. The van der Waals surface area contributed by atoms with Gasteiger partial charge in [-0.25, -0.2) is 9.50 Å². The van der Waals surface area contributed by atoms with Gasteiger partial charge in [0.15, 0.2) is 5.65 Å². The van der Waals surface area contributed by atoms with E-state index in [2.05, 4.69) is 30.5 Å². The maximum atomic E-state index is 13.3. The van der Waals surface area contributed by atoms with Crippen LogP contribution in [-0.2, 0) is 9.59 Å². The van der Waals surface area contributed by atoms with Gasteiger partial charge in [0.1, 0.15) is 17.4 Å². The number of likely N-dealkylation sites (tertiary alicyclic amines) is 1. The summed E-state index contributed by atoms with van der Waals surface area (Å²) < 4.78 is 9.22. The highest BCUT2D eigenvalue weighted by molar-refractivity contribution is 6.23. The summed E-state index contributed by atoms with van der Waals surface area (Å²) in [6.07, 6.45) is 10.1. The van der Waals surface area contributed by atoms with E-state index in [1.54, 1.807) is 42.2 Å². The molecule has 3 saturated heterocycles. The van der Waals surface area contributed by atoms with Crippen LogP contribution in [-0.4, -0.2) is 110 Å². The lowest BCUT2D eigenvalue weighted by molar-refractivity contribution is -0.136. The van der Waals surface area contributed by atoms with Crippen molar-refractivity contribution >= 4 is 57.5 Å². The van der Waals surface area contributed by atoms with Crippen molar-refractivity contribution in [3.8, 4) is 5.75 Å². The zero-order valence-electron chi connectivity index (χ0n) is 29.6. The lowest BCUT2D eigenvalue weighted by Gasteiger charge is -2.35. The normalized spacial score (nSPS) is 21.0. The first kappa shape index (κ1) is 33.7. The number of fused-ring (bicyclic) bond motifs is 3. The average Bonchev–Trinajstić information content (AvgIpc) is 3.97. The van der Waals surface area contributed by atoms with E-state index >= 15 is 0 Å². The van der Waals surface area contributed by atoms with Crippen molar-refractivity contribution < 1.29 is 28.7 Å². The predicted octanol–water partition coefficient (Wildman–Crippen LogP) is 2.90. The zero-order valence-corrected chi connectivity index (χ0v) is 29.6. The molecule has 3 fully saturated rings. The molecule has 4 aliphatic rings. The smallest absolute Gasteiger partial charge is 0.262 e. The van der Waals surface area contributed by atoms with Gasteiger partial charge in [0.05, 0.1) is 41.7 Å². The fourth-order valence-corrected chi connectivity index (χ4v) is 8.29. The topological polar surface area (TPSA) is 176 Å². The molecule has 0 saturated carbocycles. The first-order chi connectivity index (χ1) is 26.2. The molecule has 0 aliphatic carbocycles. The Kier molecular flexibility index (Phi) is 8.33. The van der Waals surface area contributed by atoms with Crippen LogP contribution in [0.4, 0.5) is 11.4 Å². The van der Waals surface area contributed by atoms with Crippen LogP contribution in [0.2, 0.25) is 0 Å². The number of amides is 5. The molecule has 5 aromatic rings. The maximum absolute atomic E-state index is 13.3. The molecule has 2 N–H and O–H groups in total. The summed E-state index contributed by atoms with van der Waals surface area (Å²) in [6.45, 7) is 4.52. The van der Waals surface area contributed by atoms with Crippen LogP contribution in [0.1, 0.15) is 69.2 Å². The fourth-order valence-electron chi connectivity index (χ4n) is 8.29. The van der Waals surface area contributed by atoms with Crippen molar-refractivity contribution in [3.05, 3.63) is 77.9 Å². The lowest BCUT2D eigenvalue weighted by atomic mass is 9.95. The number of rotatable bonds is 8. The summed E-state index contributed by atoms with van der Waals surface area (Å²) >= 11 is 0. The van der Waals surface area contributed by atoms with E-state index in [1.807, 2.05) is 29.1 Å². The number of nitrogens with one attached hydrogen (secondary N) is 2. The summed E-state index contributed by atoms with van der Waals surface area (Å²) in [5.74, 6) is -1.28. The molecule has 54 heavy (non-hydrogen) atoms. The third kappa shape index (κ3) is 5.91. The maximum Gasteiger partial charge on any atom is 0.262 e. The molecule has 4 aliphatic heterocycles. The molecule has 16 nitrogen and oxygen atoms in total. The molecule has 3 aromatic heterocycles. The predicted molar refractivity (Wildman–Crippen MR) is 195 cm³/mol. The number of methoxy groups -OCH3 is 1. The molecular weight excluding hydrogens is 692 g/mol. The average molecular weight is 731 g/mol. The minimum atomic E-state index is -0.976. The Labute approximate surface area is 309 Å². The van der Waals surface area contributed by atoms with Crippen LogP contribution in [0, 0.1) is 5.92 Å². The Bertz CT molecular complexity index is 2360. The first-order valence-electron chi connectivity index (χ1n) is 18.2. The second-order valence-electron chi connectivity index (χ2n) is 14.4.